The highest BCUT2D eigenvalue weighted by Gasteiger charge is 2.38. The van der Waals surface area contributed by atoms with E-state index < -0.39 is 84.5 Å². The van der Waals surface area contributed by atoms with Gasteiger partial charge >= 0.3 is 18.0 Å². The van der Waals surface area contributed by atoms with Crippen LogP contribution in [0.15, 0.2) is 108 Å². The molecule has 0 saturated heterocycles. The van der Waals surface area contributed by atoms with Gasteiger partial charge in [-0.1, -0.05) is 20.8 Å². The molecule has 0 fully saturated rings. The first-order valence-corrected chi connectivity index (χ1v) is 22.5. The Kier molecular flexibility index (Phi) is 17.9. The van der Waals surface area contributed by atoms with Crippen molar-refractivity contribution in [1.82, 2.24) is 38.5 Å². The van der Waals surface area contributed by atoms with Gasteiger partial charge in [-0.2, -0.15) is 8.78 Å². The van der Waals surface area contributed by atoms with Crippen LogP contribution in [0.1, 0.15) is 38.0 Å². The number of halogens is 4. The minimum absolute atomic E-state index is 0.0596. The van der Waals surface area contributed by atoms with Gasteiger partial charge in [0.25, 0.3) is 20.0 Å². The van der Waals surface area contributed by atoms with E-state index in [0.717, 1.165) is 31.0 Å². The molecule has 26 heteroatoms. The number of methoxy groups -OCH3 is 2. The van der Waals surface area contributed by atoms with Crippen LogP contribution < -0.4 is 20.1 Å². The lowest BCUT2D eigenvalue weighted by atomic mass is 9.85. The number of aliphatic carboxylic acids is 2. The summed E-state index contributed by atoms with van der Waals surface area (Å²) in [6, 6.07) is 10.4. The average molecular weight is 1000 g/mol. The molecule has 6 rings (SSSR count). The standard InChI is InChI=1S/C22H24F2N4O5S.C17H16F2N4O3S.C4H4O4/c1-22(2,3)19(33-21(29)25-4)15-12-28(18(17(15)23)14-7-6-10-26-20(14)24)34(30,31)13-8-9-16(32-5)27-11-13;1-20-8-11-10-23(16(15(11)18)13-4-3-7-21-17(13)19)27(24,25)12-5-6-14(26-2)22-9-12;5-3(6)1-2-4(7)8/h6-12,19H,1-5H3,(H,25,29);3-7,9-10,20H,8H2,1-2H3;1-2H,(H,5,6)(H,7,8). The molecule has 69 heavy (non-hydrogen) atoms. The van der Waals surface area contributed by atoms with E-state index in [4.69, 9.17) is 24.4 Å². The number of carbonyl (C=O) groups excluding carboxylic acids is 1. The molecular formula is C43H44F4N8O12S2. The summed E-state index contributed by atoms with van der Waals surface area (Å²) in [7, 11) is -3.03. The van der Waals surface area contributed by atoms with Crippen LogP contribution in [0.2, 0.25) is 0 Å². The lowest BCUT2D eigenvalue weighted by Gasteiger charge is -2.29. The fourth-order valence-electron chi connectivity index (χ4n) is 5.99. The number of carbonyl (C=O) groups is 3. The van der Waals surface area contributed by atoms with Gasteiger partial charge in [0.2, 0.25) is 23.7 Å². The molecule has 0 spiro atoms. The number of hydrogen-bond donors (Lipinski definition) is 4. The maximum absolute atomic E-state index is 15.9. The van der Waals surface area contributed by atoms with Crippen LogP contribution in [0.25, 0.3) is 22.5 Å². The summed E-state index contributed by atoms with van der Waals surface area (Å²) in [6.45, 7) is 5.11. The zero-order chi connectivity index (χ0) is 51.4. The van der Waals surface area contributed by atoms with Crippen LogP contribution in [0.3, 0.4) is 0 Å². The molecule has 0 radical (unpaired) electrons. The third-order valence-electron chi connectivity index (χ3n) is 9.13. The fourth-order valence-corrected chi connectivity index (χ4v) is 8.65. The van der Waals surface area contributed by atoms with Gasteiger partial charge in [-0.05, 0) is 43.4 Å². The van der Waals surface area contributed by atoms with E-state index >= 15 is 4.39 Å². The number of rotatable bonds is 14. The van der Waals surface area contributed by atoms with E-state index in [1.54, 1.807) is 27.8 Å². The van der Waals surface area contributed by atoms with Gasteiger partial charge in [-0.25, -0.2) is 67.9 Å². The van der Waals surface area contributed by atoms with E-state index in [9.17, 15) is 44.4 Å². The Morgan fingerprint density at radius 3 is 1.52 bits per heavy atom. The third kappa shape index (κ3) is 12.8. The van der Waals surface area contributed by atoms with Crippen LogP contribution in [0, 0.1) is 28.9 Å². The van der Waals surface area contributed by atoms with E-state index in [-0.39, 0.29) is 50.3 Å². The summed E-state index contributed by atoms with van der Waals surface area (Å²) < 4.78 is 129. The van der Waals surface area contributed by atoms with Crippen molar-refractivity contribution in [2.45, 2.75) is 43.2 Å². The second-order valence-corrected chi connectivity index (χ2v) is 18.5. The monoisotopic (exact) mass is 1000 g/mol. The van der Waals surface area contributed by atoms with Crippen molar-refractivity contribution >= 4 is 38.1 Å². The van der Waals surface area contributed by atoms with Crippen LogP contribution >= 0.6 is 0 Å². The number of nitrogens with zero attached hydrogens (tertiary/aromatic N) is 6. The molecule has 0 bridgehead atoms. The lowest BCUT2D eigenvalue weighted by molar-refractivity contribution is -0.134. The van der Waals surface area contributed by atoms with Crippen LogP contribution in [-0.2, 0) is 40.9 Å². The first-order chi connectivity index (χ1) is 32.4. The Morgan fingerprint density at radius 1 is 0.710 bits per heavy atom. The lowest BCUT2D eigenvalue weighted by Crippen LogP contribution is -2.29. The van der Waals surface area contributed by atoms with Gasteiger partial charge in [0.05, 0.1) is 37.7 Å². The molecule has 0 aliphatic heterocycles. The second-order valence-electron chi connectivity index (χ2n) is 14.9. The van der Waals surface area contributed by atoms with Crippen molar-refractivity contribution in [3.63, 3.8) is 0 Å². The molecule has 0 aromatic carbocycles. The van der Waals surface area contributed by atoms with E-state index in [2.05, 4.69) is 30.6 Å². The van der Waals surface area contributed by atoms with E-state index in [1.165, 1.54) is 76.0 Å². The normalized spacial score (nSPS) is 11.9. The van der Waals surface area contributed by atoms with E-state index in [1.807, 2.05) is 0 Å². The summed E-state index contributed by atoms with van der Waals surface area (Å²) in [6.07, 6.45) is 5.64. The molecule has 0 saturated carbocycles. The minimum atomic E-state index is -4.47. The van der Waals surface area contributed by atoms with Crippen LogP contribution in [0.5, 0.6) is 11.8 Å². The highest BCUT2D eigenvalue weighted by molar-refractivity contribution is 7.90. The smallest absolute Gasteiger partial charge is 0.407 e. The van der Waals surface area contributed by atoms with Crippen molar-refractivity contribution in [3.8, 4) is 34.3 Å². The van der Waals surface area contributed by atoms with E-state index in [0.29, 0.717) is 20.1 Å². The molecule has 6 heterocycles. The Labute approximate surface area is 392 Å². The highest BCUT2D eigenvalue weighted by atomic mass is 32.2. The zero-order valence-electron chi connectivity index (χ0n) is 37.5. The fraction of sp³-hybridized carbons (Fsp3) is 0.233. The zero-order valence-corrected chi connectivity index (χ0v) is 39.1. The Morgan fingerprint density at radius 2 is 1.16 bits per heavy atom. The number of carboxylic acid groups (broad SMARTS) is 2. The highest BCUT2D eigenvalue weighted by Crippen LogP contribution is 2.42. The number of nitrogens with one attached hydrogen (secondary N) is 2. The molecular weight excluding hydrogens is 961 g/mol. The van der Waals surface area contributed by atoms with Gasteiger partial charge in [-0.3, -0.25) is 0 Å². The number of ether oxygens (including phenoxy) is 3. The third-order valence-corrected chi connectivity index (χ3v) is 12.4. The van der Waals surface area contributed by atoms with Crippen molar-refractivity contribution in [1.29, 1.82) is 0 Å². The summed E-state index contributed by atoms with van der Waals surface area (Å²) in [5.74, 6) is -6.09. The van der Waals surface area contributed by atoms with Gasteiger partial charge in [-0.15, -0.1) is 0 Å². The largest absolute Gasteiger partial charge is 0.481 e. The molecule has 20 nitrogen and oxygen atoms in total. The Hall–Kier alpha value is -7.71. The number of aromatic nitrogens is 6. The van der Waals surface area contributed by atoms with Gasteiger partial charge in [0.1, 0.15) is 27.3 Å². The maximum atomic E-state index is 15.9. The molecule has 6 aromatic heterocycles. The molecule has 6 aromatic rings. The van der Waals surface area contributed by atoms with Crippen LogP contribution in [-0.4, -0.2) is 101 Å². The molecule has 1 atom stereocenters. The predicted molar refractivity (Wildman–Crippen MR) is 237 cm³/mol. The number of pyridine rings is 4. The van der Waals surface area contributed by atoms with Crippen molar-refractivity contribution in [2.24, 2.45) is 5.41 Å². The summed E-state index contributed by atoms with van der Waals surface area (Å²) >= 11 is 0. The molecule has 4 N–H and O–H groups in total. The van der Waals surface area contributed by atoms with Gasteiger partial charge in [0.15, 0.2) is 11.6 Å². The molecule has 1 amide bonds. The predicted octanol–water partition coefficient (Wildman–Crippen LogP) is 5.81. The first-order valence-electron chi connectivity index (χ1n) is 19.6. The topological polar surface area (TPSA) is 273 Å². The number of hydrogen-bond acceptors (Lipinski definition) is 15. The van der Waals surface area contributed by atoms with Gasteiger partial charge < -0.3 is 35.1 Å². The Balaban J connectivity index is 0.000000264. The summed E-state index contributed by atoms with van der Waals surface area (Å²) in [4.78, 5) is 45.4. The molecule has 1 unspecified atom stereocenters. The number of amides is 1. The Bertz CT molecular complexity index is 3040. The van der Waals surface area contributed by atoms with Crippen molar-refractivity contribution < 1.29 is 73.2 Å². The first kappa shape index (κ1) is 53.9. The second kappa shape index (κ2) is 22.9. The minimum Gasteiger partial charge on any atom is -0.481 e. The average Bonchev–Trinajstić information content (AvgIpc) is 3.83. The number of carboxylic acids is 2. The summed E-state index contributed by atoms with van der Waals surface area (Å²) in [5.41, 5.74) is -2.70. The SMILES string of the molecule is CNC(=O)OC(c1cn(S(=O)(=O)c2ccc(OC)nc2)c(-c2cccnc2F)c1F)C(C)(C)C.CNCc1cn(S(=O)(=O)c2ccc(OC)nc2)c(-c2cccnc2F)c1F.O=C(O)C=CC(=O)O. The molecule has 368 valence electrons. The van der Waals surface area contributed by atoms with Crippen LogP contribution in [0.4, 0.5) is 22.4 Å². The number of alkyl carbamates (subject to hydrolysis) is 1. The molecule has 0 aliphatic rings. The van der Waals surface area contributed by atoms with Crippen molar-refractivity contribution in [2.75, 3.05) is 28.3 Å². The quantitative estimate of drug-likeness (QED) is 0.0569. The summed E-state index contributed by atoms with van der Waals surface area (Å²) in [5, 5.41) is 20.7. The van der Waals surface area contributed by atoms with Gasteiger partial charge in [0, 0.05) is 79.2 Å². The maximum Gasteiger partial charge on any atom is 0.407 e. The van der Waals surface area contributed by atoms with Crippen molar-refractivity contribution in [3.05, 3.63) is 133 Å². The molecule has 0 aliphatic carbocycles.